The third kappa shape index (κ3) is 4.55. The minimum Gasteiger partial charge on any atom is -0.508 e. The van der Waals surface area contributed by atoms with E-state index in [1.54, 1.807) is 12.1 Å². The molecule has 30 heavy (non-hydrogen) atoms. The quantitative estimate of drug-likeness (QED) is 0.616. The van der Waals surface area contributed by atoms with E-state index >= 15 is 0 Å². The van der Waals surface area contributed by atoms with Crippen LogP contribution in [0.3, 0.4) is 0 Å². The number of amides is 1. The average Bonchev–Trinajstić information content (AvgIpc) is 2.68. The third-order valence-corrected chi connectivity index (χ3v) is 5.39. The van der Waals surface area contributed by atoms with Gasteiger partial charge in [0.05, 0.1) is 23.1 Å². The second-order valence-corrected chi connectivity index (χ2v) is 7.28. The van der Waals surface area contributed by atoms with E-state index < -0.39 is 52.9 Å². The fourth-order valence-corrected chi connectivity index (χ4v) is 3.95. The molecule has 0 spiro atoms. The smallest absolute Gasteiger partial charge is 0.416 e. The van der Waals surface area contributed by atoms with Crippen LogP contribution in [0.2, 0.25) is 0 Å². The standard InChI is InChI=1S/C21H19F4NO4/c22-16-10-12(21(23,24)25)6-9-17(16)26-19(28)15-3-1-2-14(18(15)20(29)30)11-4-7-13(27)8-5-11/h4-10,14-15,18,27H,1-3H2,(H,26,28)(H,29,30)/t14-,15-,18-/m1/s1. The largest absolute Gasteiger partial charge is 0.508 e. The zero-order valence-electron chi connectivity index (χ0n) is 15.6. The molecule has 0 unspecified atom stereocenters. The molecule has 3 N–H and O–H groups in total. The number of hydrogen-bond acceptors (Lipinski definition) is 3. The van der Waals surface area contributed by atoms with Gasteiger partial charge in [-0.3, -0.25) is 9.59 Å². The highest BCUT2D eigenvalue weighted by atomic mass is 19.4. The van der Waals surface area contributed by atoms with E-state index in [0.29, 0.717) is 24.5 Å². The summed E-state index contributed by atoms with van der Waals surface area (Å²) in [6.45, 7) is 0. The van der Waals surface area contributed by atoms with Gasteiger partial charge >= 0.3 is 12.1 Å². The van der Waals surface area contributed by atoms with Crippen molar-refractivity contribution in [3.63, 3.8) is 0 Å². The maximum atomic E-state index is 14.1. The first kappa shape index (κ1) is 21.6. The number of phenolic OH excluding ortho intramolecular Hbond substituents is 1. The highest BCUT2D eigenvalue weighted by molar-refractivity contribution is 5.95. The number of nitrogens with one attached hydrogen (secondary N) is 1. The second-order valence-electron chi connectivity index (χ2n) is 7.28. The zero-order chi connectivity index (χ0) is 22.1. The molecular weight excluding hydrogens is 406 g/mol. The molecule has 3 rings (SSSR count). The Hall–Kier alpha value is -3.10. The summed E-state index contributed by atoms with van der Waals surface area (Å²) in [5.41, 5.74) is -0.978. The Morgan fingerprint density at radius 1 is 1.03 bits per heavy atom. The van der Waals surface area contributed by atoms with E-state index in [9.17, 15) is 37.4 Å². The topological polar surface area (TPSA) is 86.6 Å². The number of aliphatic carboxylic acids is 1. The normalized spacial score (nSPS) is 21.8. The fourth-order valence-electron chi connectivity index (χ4n) is 3.95. The van der Waals surface area contributed by atoms with E-state index in [1.807, 2.05) is 0 Å². The number of anilines is 1. The zero-order valence-corrected chi connectivity index (χ0v) is 15.6. The number of carbonyl (C=O) groups is 2. The number of carboxylic acid groups (broad SMARTS) is 1. The highest BCUT2D eigenvalue weighted by Crippen LogP contribution is 2.42. The van der Waals surface area contributed by atoms with Gasteiger partial charge < -0.3 is 15.5 Å². The van der Waals surface area contributed by atoms with Gasteiger partial charge in [-0.1, -0.05) is 18.6 Å². The van der Waals surface area contributed by atoms with Crippen LogP contribution in [-0.4, -0.2) is 22.1 Å². The van der Waals surface area contributed by atoms with Gasteiger partial charge in [0, 0.05) is 0 Å². The molecule has 160 valence electrons. The summed E-state index contributed by atoms with van der Waals surface area (Å²) in [7, 11) is 0. The average molecular weight is 425 g/mol. The predicted octanol–water partition coefficient (Wildman–Crippen LogP) is 4.77. The van der Waals surface area contributed by atoms with Gasteiger partial charge in [-0.25, -0.2) is 4.39 Å². The van der Waals surface area contributed by atoms with Gasteiger partial charge in [0.25, 0.3) is 0 Å². The van der Waals surface area contributed by atoms with Crippen LogP contribution in [0.4, 0.5) is 23.2 Å². The number of alkyl halides is 3. The Labute approximate surface area is 169 Å². The molecular formula is C21H19F4NO4. The molecule has 0 aliphatic heterocycles. The number of phenols is 1. The highest BCUT2D eigenvalue weighted by Gasteiger charge is 2.43. The van der Waals surface area contributed by atoms with E-state index in [1.165, 1.54) is 12.1 Å². The maximum absolute atomic E-state index is 14.1. The van der Waals surface area contributed by atoms with E-state index in [0.717, 1.165) is 6.07 Å². The van der Waals surface area contributed by atoms with Crippen LogP contribution in [-0.2, 0) is 15.8 Å². The van der Waals surface area contributed by atoms with Crippen LogP contribution < -0.4 is 5.32 Å². The molecule has 0 radical (unpaired) electrons. The number of rotatable bonds is 4. The van der Waals surface area contributed by atoms with Crippen LogP contribution in [0.25, 0.3) is 0 Å². The molecule has 1 saturated carbocycles. The molecule has 0 aromatic heterocycles. The summed E-state index contributed by atoms with van der Waals surface area (Å²) in [5.74, 6) is -5.77. The first-order chi connectivity index (χ1) is 14.1. The van der Waals surface area contributed by atoms with E-state index in [2.05, 4.69) is 5.32 Å². The number of halogens is 4. The molecule has 1 amide bonds. The molecule has 3 atom stereocenters. The Kier molecular flexibility index (Phi) is 6.00. The van der Waals surface area contributed by atoms with Crippen molar-refractivity contribution in [2.24, 2.45) is 11.8 Å². The van der Waals surface area contributed by atoms with Gasteiger partial charge in [-0.05, 0) is 54.7 Å². The molecule has 0 heterocycles. The molecule has 5 nitrogen and oxygen atoms in total. The molecule has 1 aliphatic carbocycles. The molecule has 2 aromatic rings. The van der Waals surface area contributed by atoms with Gasteiger partial charge in [0.15, 0.2) is 0 Å². The van der Waals surface area contributed by atoms with Gasteiger partial charge in [-0.15, -0.1) is 0 Å². The molecule has 9 heteroatoms. The van der Waals surface area contributed by atoms with E-state index in [-0.39, 0.29) is 18.2 Å². The van der Waals surface area contributed by atoms with Crippen LogP contribution in [0.1, 0.15) is 36.3 Å². The first-order valence-corrected chi connectivity index (χ1v) is 9.27. The Balaban J connectivity index is 1.83. The van der Waals surface area contributed by atoms with Crippen LogP contribution in [0, 0.1) is 17.7 Å². The number of carbonyl (C=O) groups excluding carboxylic acids is 1. The van der Waals surface area contributed by atoms with Crippen molar-refractivity contribution in [1.82, 2.24) is 0 Å². The van der Waals surface area contributed by atoms with Crippen molar-refractivity contribution in [2.75, 3.05) is 5.32 Å². The summed E-state index contributed by atoms with van der Waals surface area (Å²) in [5, 5.41) is 21.4. The molecule has 1 fully saturated rings. The van der Waals surface area contributed by atoms with Gasteiger partial charge in [0.1, 0.15) is 11.6 Å². The summed E-state index contributed by atoms with van der Waals surface area (Å²) in [6, 6.07) is 7.77. The summed E-state index contributed by atoms with van der Waals surface area (Å²) < 4.78 is 52.2. The molecule has 2 aromatic carbocycles. The predicted molar refractivity (Wildman–Crippen MR) is 99.3 cm³/mol. The summed E-state index contributed by atoms with van der Waals surface area (Å²) >= 11 is 0. The maximum Gasteiger partial charge on any atom is 0.416 e. The lowest BCUT2D eigenvalue weighted by Gasteiger charge is -2.35. The Morgan fingerprint density at radius 3 is 2.27 bits per heavy atom. The SMILES string of the molecule is O=C(O)[C@@H]1[C@@H](c2ccc(O)cc2)CCC[C@H]1C(=O)Nc1ccc(C(F)(F)F)cc1F. The minimum absolute atomic E-state index is 0.0218. The molecule has 0 bridgehead atoms. The van der Waals surface area contributed by atoms with Crippen molar-refractivity contribution in [3.8, 4) is 5.75 Å². The lowest BCUT2D eigenvalue weighted by molar-refractivity contribution is -0.148. The van der Waals surface area contributed by atoms with Crippen molar-refractivity contribution < 1.29 is 37.4 Å². The van der Waals surface area contributed by atoms with Gasteiger partial charge in [0.2, 0.25) is 5.91 Å². The van der Waals surface area contributed by atoms with Crippen molar-refractivity contribution in [3.05, 3.63) is 59.4 Å². The van der Waals surface area contributed by atoms with Crippen molar-refractivity contribution in [2.45, 2.75) is 31.4 Å². The lowest BCUT2D eigenvalue weighted by Crippen LogP contribution is -2.40. The lowest BCUT2D eigenvalue weighted by atomic mass is 9.69. The van der Waals surface area contributed by atoms with Crippen molar-refractivity contribution >= 4 is 17.6 Å². The summed E-state index contributed by atoms with van der Waals surface area (Å²) in [6.07, 6.45) is -3.42. The monoisotopic (exact) mass is 425 g/mol. The molecule has 1 aliphatic rings. The van der Waals surface area contributed by atoms with Gasteiger partial charge in [-0.2, -0.15) is 13.2 Å². The first-order valence-electron chi connectivity index (χ1n) is 9.27. The minimum atomic E-state index is -4.72. The number of benzene rings is 2. The summed E-state index contributed by atoms with van der Waals surface area (Å²) in [4.78, 5) is 24.7. The Bertz CT molecular complexity index is 943. The number of carboxylic acids is 1. The van der Waals surface area contributed by atoms with Crippen molar-refractivity contribution in [1.29, 1.82) is 0 Å². The third-order valence-electron chi connectivity index (χ3n) is 5.39. The number of aromatic hydroxyl groups is 1. The molecule has 0 saturated heterocycles. The number of hydrogen-bond donors (Lipinski definition) is 3. The fraction of sp³-hybridized carbons (Fsp3) is 0.333. The van der Waals surface area contributed by atoms with Crippen LogP contribution >= 0.6 is 0 Å². The van der Waals surface area contributed by atoms with E-state index in [4.69, 9.17) is 0 Å². The van der Waals surface area contributed by atoms with Crippen LogP contribution in [0.5, 0.6) is 5.75 Å². The Morgan fingerprint density at radius 2 is 1.70 bits per heavy atom. The van der Waals surface area contributed by atoms with Crippen LogP contribution in [0.15, 0.2) is 42.5 Å². The second kappa shape index (κ2) is 8.33.